The maximum atomic E-state index is 14.0. The highest BCUT2D eigenvalue weighted by Gasteiger charge is 2.62. The minimum Gasteiger partial charge on any atom is -0.376 e. The summed E-state index contributed by atoms with van der Waals surface area (Å²) in [5.74, 6) is -1.19. The van der Waals surface area contributed by atoms with Crippen LogP contribution in [0.25, 0.3) is 0 Å². The fraction of sp³-hybridized carbons (Fsp3) is 0.464. The molecule has 0 unspecified atom stereocenters. The molecule has 2 aromatic carbocycles. The number of nitrogens with one attached hydrogen (secondary N) is 1. The van der Waals surface area contributed by atoms with Crippen LogP contribution in [0.1, 0.15) is 53.4 Å². The van der Waals surface area contributed by atoms with E-state index in [1.54, 1.807) is 11.8 Å². The van der Waals surface area contributed by atoms with Crippen LogP contribution < -0.4 is 5.32 Å². The Labute approximate surface area is 209 Å². The normalized spacial score (nSPS) is 29.1. The highest BCUT2D eigenvalue weighted by atomic mass is 32.2. The van der Waals surface area contributed by atoms with Gasteiger partial charge in [0.2, 0.25) is 17.7 Å². The van der Waals surface area contributed by atoms with Crippen molar-refractivity contribution in [3.63, 3.8) is 0 Å². The molecule has 0 radical (unpaired) electrons. The molecule has 2 aromatic rings. The fourth-order valence-electron chi connectivity index (χ4n) is 6.75. The van der Waals surface area contributed by atoms with E-state index in [1.807, 2.05) is 30.5 Å². The number of rotatable bonds is 7. The zero-order valence-corrected chi connectivity index (χ0v) is 20.6. The first-order valence-electron chi connectivity index (χ1n) is 12.5. The van der Waals surface area contributed by atoms with Crippen LogP contribution >= 0.6 is 11.8 Å². The Hall–Kier alpha value is -2.64. The Morgan fingerprint density at radius 2 is 1.54 bits per heavy atom. The third-order valence-corrected chi connectivity index (χ3v) is 8.86. The number of benzene rings is 2. The average molecular weight is 491 g/mol. The van der Waals surface area contributed by atoms with Gasteiger partial charge in [0.05, 0.1) is 17.9 Å². The average Bonchev–Trinajstić information content (AvgIpc) is 3.50. The zero-order chi connectivity index (χ0) is 24.1. The number of thioether (sulfide) groups is 1. The first kappa shape index (κ1) is 22.8. The van der Waals surface area contributed by atoms with E-state index in [4.69, 9.17) is 4.74 Å². The summed E-state index contributed by atoms with van der Waals surface area (Å²) in [6.07, 6.45) is 4.34. The molecule has 0 aromatic heterocycles. The summed E-state index contributed by atoms with van der Waals surface area (Å²) in [6.45, 7) is 1.13. The second-order valence-electron chi connectivity index (χ2n) is 9.99. The predicted molar refractivity (Wildman–Crippen MR) is 134 cm³/mol. The van der Waals surface area contributed by atoms with Crippen molar-refractivity contribution in [2.45, 2.75) is 43.2 Å². The van der Waals surface area contributed by atoms with Crippen molar-refractivity contribution in [3.8, 4) is 0 Å². The molecule has 5 aliphatic rings. The standard InChI is InChI=1S/C28H30N2O4S/c1-35-14-12-21(26(31)29-15-16-7-6-13-34-16)30-27(32)24-22-17-8-2-3-9-18(17)23(25(24)28(30)33)20-11-5-4-10-19(20)22/h2-5,8-11,16,21-25H,6-7,12-15H2,1H3,(H,29,31)/t16-,21+,22?,23?,24+,25+/m0/s1. The molecule has 2 saturated heterocycles. The molecular formula is C28H30N2O4S. The first-order chi connectivity index (χ1) is 17.1. The Kier molecular flexibility index (Phi) is 5.93. The van der Waals surface area contributed by atoms with Crippen LogP contribution in [0.2, 0.25) is 0 Å². The van der Waals surface area contributed by atoms with E-state index in [9.17, 15) is 14.4 Å². The highest BCUT2D eigenvalue weighted by Crippen LogP contribution is 2.61. The Morgan fingerprint density at radius 1 is 1.00 bits per heavy atom. The SMILES string of the molecule is CSCC[C@H](C(=O)NC[C@@H]1CCCO1)N1C(=O)[C@@H]2C3c4ccccc4C(c4ccccc43)[C@H]2C1=O. The minimum atomic E-state index is -0.792. The maximum absolute atomic E-state index is 14.0. The summed E-state index contributed by atoms with van der Waals surface area (Å²) < 4.78 is 5.65. The van der Waals surface area contributed by atoms with Crippen LogP contribution in [0.15, 0.2) is 48.5 Å². The number of hydrogen-bond donors (Lipinski definition) is 1. The summed E-state index contributed by atoms with van der Waals surface area (Å²) in [5.41, 5.74) is 4.57. The molecule has 2 bridgehead atoms. The molecule has 3 amide bonds. The lowest BCUT2D eigenvalue weighted by atomic mass is 9.55. The van der Waals surface area contributed by atoms with E-state index in [2.05, 4.69) is 29.6 Å². The van der Waals surface area contributed by atoms with Gasteiger partial charge in [-0.2, -0.15) is 11.8 Å². The molecular weight excluding hydrogens is 460 g/mol. The Bertz CT molecular complexity index is 1060. The number of nitrogens with zero attached hydrogens (tertiary/aromatic N) is 1. The van der Waals surface area contributed by atoms with E-state index in [0.717, 1.165) is 35.1 Å². The maximum Gasteiger partial charge on any atom is 0.243 e. The summed E-state index contributed by atoms with van der Waals surface area (Å²) in [5, 5.41) is 2.99. The molecule has 7 heteroatoms. The predicted octanol–water partition coefficient (Wildman–Crippen LogP) is 3.30. The monoisotopic (exact) mass is 490 g/mol. The van der Waals surface area contributed by atoms with Gasteiger partial charge in [0.25, 0.3) is 0 Å². The number of hydrogen-bond acceptors (Lipinski definition) is 5. The molecule has 2 heterocycles. The van der Waals surface area contributed by atoms with Gasteiger partial charge in [0.1, 0.15) is 6.04 Å². The number of imide groups is 1. The van der Waals surface area contributed by atoms with Gasteiger partial charge >= 0.3 is 0 Å². The lowest BCUT2D eigenvalue weighted by molar-refractivity contribution is -0.148. The van der Waals surface area contributed by atoms with Crippen molar-refractivity contribution in [3.05, 3.63) is 70.8 Å². The van der Waals surface area contributed by atoms with E-state index in [1.165, 1.54) is 4.90 Å². The smallest absolute Gasteiger partial charge is 0.243 e. The summed E-state index contributed by atoms with van der Waals surface area (Å²) in [4.78, 5) is 42.8. The van der Waals surface area contributed by atoms with Crippen molar-refractivity contribution >= 4 is 29.5 Å². The van der Waals surface area contributed by atoms with E-state index in [0.29, 0.717) is 25.3 Å². The molecule has 4 atom stereocenters. The zero-order valence-electron chi connectivity index (χ0n) is 19.8. The second-order valence-corrected chi connectivity index (χ2v) is 11.0. The van der Waals surface area contributed by atoms with Gasteiger partial charge < -0.3 is 10.1 Å². The van der Waals surface area contributed by atoms with Crippen molar-refractivity contribution in [1.29, 1.82) is 0 Å². The van der Waals surface area contributed by atoms with E-state index in [-0.39, 0.29) is 35.7 Å². The molecule has 0 spiro atoms. The van der Waals surface area contributed by atoms with Crippen LogP contribution in [-0.4, -0.2) is 59.9 Å². The summed E-state index contributed by atoms with van der Waals surface area (Å²) in [6, 6.07) is 15.6. The number of amides is 3. The van der Waals surface area contributed by atoms with Crippen LogP contribution in [0.4, 0.5) is 0 Å². The van der Waals surface area contributed by atoms with Crippen LogP contribution in [0.5, 0.6) is 0 Å². The van der Waals surface area contributed by atoms with E-state index < -0.39 is 17.9 Å². The van der Waals surface area contributed by atoms with E-state index >= 15 is 0 Å². The van der Waals surface area contributed by atoms with Gasteiger partial charge in [0.15, 0.2) is 0 Å². The topological polar surface area (TPSA) is 75.7 Å². The molecule has 7 rings (SSSR count). The first-order valence-corrected chi connectivity index (χ1v) is 13.9. The second kappa shape index (κ2) is 9.10. The largest absolute Gasteiger partial charge is 0.376 e. The van der Waals surface area contributed by atoms with Crippen LogP contribution in [0.3, 0.4) is 0 Å². The Balaban J connectivity index is 1.35. The molecule has 6 nitrogen and oxygen atoms in total. The Morgan fingerprint density at radius 3 is 2.00 bits per heavy atom. The molecule has 2 fully saturated rings. The number of likely N-dealkylation sites (tertiary alicyclic amines) is 1. The lowest BCUT2D eigenvalue weighted by Gasteiger charge is -2.45. The molecule has 3 aliphatic carbocycles. The minimum absolute atomic E-state index is 0.00700. The number of carbonyl (C=O) groups is 3. The molecule has 182 valence electrons. The molecule has 0 saturated carbocycles. The van der Waals surface area contributed by atoms with Gasteiger partial charge in [-0.05, 0) is 53.5 Å². The van der Waals surface area contributed by atoms with Gasteiger partial charge in [-0.25, -0.2) is 0 Å². The molecule has 1 N–H and O–H groups in total. The quantitative estimate of drug-likeness (QED) is 0.603. The third kappa shape index (κ3) is 3.54. The number of ether oxygens (including phenoxy) is 1. The highest BCUT2D eigenvalue weighted by molar-refractivity contribution is 7.98. The fourth-order valence-corrected chi connectivity index (χ4v) is 7.21. The third-order valence-electron chi connectivity index (χ3n) is 8.22. The van der Waals surface area contributed by atoms with Gasteiger partial charge in [-0.3, -0.25) is 19.3 Å². The molecule has 35 heavy (non-hydrogen) atoms. The lowest BCUT2D eigenvalue weighted by Crippen LogP contribution is -2.51. The van der Waals surface area contributed by atoms with Crippen LogP contribution in [0, 0.1) is 11.8 Å². The van der Waals surface area contributed by atoms with Crippen molar-refractivity contribution in [2.24, 2.45) is 11.8 Å². The van der Waals surface area contributed by atoms with Crippen molar-refractivity contribution in [2.75, 3.05) is 25.2 Å². The summed E-state index contributed by atoms with van der Waals surface area (Å²) in [7, 11) is 0. The van der Waals surface area contributed by atoms with Crippen LogP contribution in [-0.2, 0) is 19.1 Å². The summed E-state index contributed by atoms with van der Waals surface area (Å²) >= 11 is 1.62. The number of carbonyl (C=O) groups excluding carboxylic acids is 3. The van der Waals surface area contributed by atoms with Gasteiger partial charge in [0, 0.05) is 25.0 Å². The van der Waals surface area contributed by atoms with Gasteiger partial charge in [-0.15, -0.1) is 0 Å². The van der Waals surface area contributed by atoms with Crippen molar-refractivity contribution in [1.82, 2.24) is 10.2 Å². The van der Waals surface area contributed by atoms with Gasteiger partial charge in [-0.1, -0.05) is 48.5 Å². The molecule has 2 aliphatic heterocycles. The van der Waals surface area contributed by atoms with Crippen molar-refractivity contribution < 1.29 is 19.1 Å².